The van der Waals surface area contributed by atoms with E-state index in [-0.39, 0.29) is 25.4 Å². The van der Waals surface area contributed by atoms with Crippen LogP contribution in [0.1, 0.15) is 52.1 Å². The molecule has 14 nitrogen and oxygen atoms in total. The van der Waals surface area contributed by atoms with Gasteiger partial charge in [0.05, 0.1) is 84.6 Å². The van der Waals surface area contributed by atoms with Crippen LogP contribution in [0.2, 0.25) is 5.02 Å². The van der Waals surface area contributed by atoms with E-state index >= 15 is 0 Å². The maximum atomic E-state index is 13.4. The van der Waals surface area contributed by atoms with Crippen molar-refractivity contribution < 1.29 is 43.1 Å². The lowest BCUT2D eigenvalue weighted by molar-refractivity contribution is -0.138. The normalized spacial score (nSPS) is 13.6. The molecule has 0 spiro atoms. The van der Waals surface area contributed by atoms with Crippen LogP contribution in [-0.2, 0) is 33.3 Å². The third kappa shape index (κ3) is 11.9. The molecule has 0 saturated carbocycles. The van der Waals surface area contributed by atoms with Crippen LogP contribution in [0.25, 0.3) is 5.00 Å². The lowest BCUT2D eigenvalue weighted by atomic mass is 9.99. The molecule has 0 saturated heterocycles. The first-order valence-electron chi connectivity index (χ1n) is 17.7. The van der Waals surface area contributed by atoms with Crippen molar-refractivity contribution in [2.75, 3.05) is 78.0 Å². The lowest BCUT2D eigenvalue weighted by Crippen LogP contribution is -2.17. The predicted molar refractivity (Wildman–Crippen MR) is 205 cm³/mol. The van der Waals surface area contributed by atoms with E-state index in [9.17, 15) is 9.59 Å². The fourth-order valence-electron chi connectivity index (χ4n) is 5.51. The molecule has 1 aliphatic rings. The van der Waals surface area contributed by atoms with Crippen LogP contribution in [-0.4, -0.2) is 110 Å². The van der Waals surface area contributed by atoms with Gasteiger partial charge < -0.3 is 38.8 Å². The van der Waals surface area contributed by atoms with E-state index in [2.05, 4.69) is 29.4 Å². The SMILES string of the molecule is Cc1sc2c(c1C)C(c1ccc(Cl)cc1)=N[C@H](CC(=O)Nc1ccc(OCCOCCOCCOCCOCCOCCC(=O)O)cc1)c1nnc(C)n1-2. The van der Waals surface area contributed by atoms with Crippen LogP contribution in [0.5, 0.6) is 5.75 Å². The molecule has 3 heterocycles. The van der Waals surface area contributed by atoms with Gasteiger partial charge in [-0.25, -0.2) is 0 Å². The Hall–Kier alpha value is -4.22. The maximum Gasteiger partial charge on any atom is 0.305 e. The molecular weight excluding hydrogens is 738 g/mol. The second kappa shape index (κ2) is 21.0. The summed E-state index contributed by atoms with van der Waals surface area (Å²) < 4.78 is 34.8. The van der Waals surface area contributed by atoms with Gasteiger partial charge in [-0.2, -0.15) is 0 Å². The van der Waals surface area contributed by atoms with Crippen molar-refractivity contribution >= 4 is 46.2 Å². The molecular formula is C38H46ClN5O9S. The van der Waals surface area contributed by atoms with E-state index in [1.54, 1.807) is 35.6 Å². The summed E-state index contributed by atoms with van der Waals surface area (Å²) in [5.41, 5.74) is 4.49. The number of hydrogen-bond donors (Lipinski definition) is 2. The monoisotopic (exact) mass is 783 g/mol. The summed E-state index contributed by atoms with van der Waals surface area (Å²) >= 11 is 7.89. The number of benzene rings is 2. The highest BCUT2D eigenvalue weighted by Crippen LogP contribution is 2.39. The number of nitrogens with zero attached hydrogens (tertiary/aromatic N) is 4. The minimum atomic E-state index is -0.883. The molecule has 2 aromatic heterocycles. The minimum absolute atomic E-state index is 0.0151. The number of carbonyl (C=O) groups excluding carboxylic acids is 1. The number of ether oxygens (including phenoxy) is 6. The lowest BCUT2D eigenvalue weighted by Gasteiger charge is -2.13. The number of amides is 1. The van der Waals surface area contributed by atoms with Gasteiger partial charge in [0.15, 0.2) is 5.82 Å². The molecule has 1 aliphatic heterocycles. The molecule has 4 aromatic rings. The average molecular weight is 784 g/mol. The molecule has 0 fully saturated rings. The number of hydrogen-bond acceptors (Lipinski definition) is 12. The van der Waals surface area contributed by atoms with Crippen LogP contribution >= 0.6 is 22.9 Å². The molecule has 5 rings (SSSR count). The number of carboxylic acids is 1. The standard InChI is InChI=1S/C38H46ClN5O9S/c1-25-26(2)54-38-35(25)36(28-4-6-29(39)7-5-28)41-32(37-43-42-27(3)44(37)38)24-33(45)40-30-8-10-31(11-9-30)53-23-22-52-21-20-51-19-18-50-17-16-49-15-14-48-13-12-34(46)47/h4-11,32H,12-24H2,1-3H3,(H,40,45)(H,46,47)/t32-/m1/s1. The van der Waals surface area contributed by atoms with E-state index in [0.717, 1.165) is 33.2 Å². The number of rotatable bonds is 23. The van der Waals surface area contributed by atoms with Gasteiger partial charge in [-0.05, 0) is 62.7 Å². The Kier molecular flexibility index (Phi) is 15.9. The number of halogens is 1. The summed E-state index contributed by atoms with van der Waals surface area (Å²) in [6.45, 7) is 10.4. The molecule has 2 aromatic carbocycles. The zero-order chi connectivity index (χ0) is 38.3. The number of carbonyl (C=O) groups is 2. The van der Waals surface area contributed by atoms with E-state index in [0.29, 0.717) is 88.4 Å². The van der Waals surface area contributed by atoms with Gasteiger partial charge in [-0.1, -0.05) is 23.7 Å². The van der Waals surface area contributed by atoms with Crippen LogP contribution in [0.15, 0.2) is 53.5 Å². The minimum Gasteiger partial charge on any atom is -0.491 e. The predicted octanol–water partition coefficient (Wildman–Crippen LogP) is 5.76. The van der Waals surface area contributed by atoms with Crippen molar-refractivity contribution in [3.8, 4) is 10.8 Å². The van der Waals surface area contributed by atoms with E-state index in [1.165, 1.54) is 4.88 Å². The first kappa shape index (κ1) is 41.0. The molecule has 0 unspecified atom stereocenters. The smallest absolute Gasteiger partial charge is 0.305 e. The average Bonchev–Trinajstić information content (AvgIpc) is 3.63. The summed E-state index contributed by atoms with van der Waals surface area (Å²) in [5.74, 6) is 0.919. The number of carboxylic acid groups (broad SMARTS) is 1. The van der Waals surface area contributed by atoms with Crippen molar-refractivity contribution in [1.29, 1.82) is 0 Å². The number of aryl methyl sites for hydroxylation is 2. The topological polar surface area (TPSA) is 165 Å². The first-order valence-corrected chi connectivity index (χ1v) is 18.9. The number of aliphatic carboxylic acids is 1. The molecule has 16 heteroatoms. The Morgan fingerprint density at radius 1 is 0.796 bits per heavy atom. The number of aromatic nitrogens is 3. The second-order valence-electron chi connectivity index (χ2n) is 12.2. The van der Waals surface area contributed by atoms with E-state index in [4.69, 9.17) is 50.1 Å². The van der Waals surface area contributed by atoms with E-state index in [1.807, 2.05) is 35.8 Å². The van der Waals surface area contributed by atoms with Gasteiger partial charge in [-0.3, -0.25) is 19.1 Å². The quantitative estimate of drug-likeness (QED) is 0.0879. The highest BCUT2D eigenvalue weighted by Gasteiger charge is 2.32. The van der Waals surface area contributed by atoms with Gasteiger partial charge in [0.1, 0.15) is 29.2 Å². The fraction of sp³-hybridized carbons (Fsp3) is 0.447. The van der Waals surface area contributed by atoms with Crippen molar-refractivity contribution in [3.05, 3.63) is 86.8 Å². The van der Waals surface area contributed by atoms with Gasteiger partial charge >= 0.3 is 5.97 Å². The maximum absolute atomic E-state index is 13.4. The first-order chi connectivity index (χ1) is 26.2. The third-order valence-electron chi connectivity index (χ3n) is 8.32. The summed E-state index contributed by atoms with van der Waals surface area (Å²) in [4.78, 5) is 30.2. The molecule has 0 radical (unpaired) electrons. The second-order valence-corrected chi connectivity index (χ2v) is 13.9. The third-order valence-corrected chi connectivity index (χ3v) is 9.76. The fourth-order valence-corrected chi connectivity index (χ4v) is 6.85. The van der Waals surface area contributed by atoms with Gasteiger partial charge in [-0.15, -0.1) is 21.5 Å². The molecule has 0 aliphatic carbocycles. The molecule has 54 heavy (non-hydrogen) atoms. The summed E-state index contributed by atoms with van der Waals surface area (Å²) in [7, 11) is 0. The Labute approximate surface area is 323 Å². The van der Waals surface area contributed by atoms with Crippen molar-refractivity contribution in [3.63, 3.8) is 0 Å². The molecule has 290 valence electrons. The Morgan fingerprint density at radius 3 is 1.96 bits per heavy atom. The van der Waals surface area contributed by atoms with Crippen molar-refractivity contribution in [2.45, 2.75) is 39.7 Å². The van der Waals surface area contributed by atoms with Crippen molar-refractivity contribution in [1.82, 2.24) is 14.8 Å². The highest BCUT2D eigenvalue weighted by molar-refractivity contribution is 7.15. The Bertz CT molecular complexity index is 1850. The zero-order valence-corrected chi connectivity index (χ0v) is 32.2. The number of nitrogens with one attached hydrogen (secondary N) is 1. The number of aliphatic imine (C=N–C) groups is 1. The van der Waals surface area contributed by atoms with E-state index < -0.39 is 12.0 Å². The molecule has 1 atom stereocenters. The molecule has 0 bridgehead atoms. The summed E-state index contributed by atoms with van der Waals surface area (Å²) in [5, 5.41) is 22.0. The highest BCUT2D eigenvalue weighted by atomic mass is 35.5. The number of anilines is 1. The van der Waals surface area contributed by atoms with Gasteiger partial charge in [0.25, 0.3) is 0 Å². The number of fused-ring (bicyclic) bond motifs is 3. The van der Waals surface area contributed by atoms with Crippen LogP contribution in [0.4, 0.5) is 5.69 Å². The Morgan fingerprint density at radius 2 is 1.37 bits per heavy atom. The zero-order valence-electron chi connectivity index (χ0n) is 30.7. The van der Waals surface area contributed by atoms with Crippen molar-refractivity contribution in [2.24, 2.45) is 4.99 Å². The van der Waals surface area contributed by atoms with Gasteiger partial charge in [0.2, 0.25) is 5.91 Å². The van der Waals surface area contributed by atoms with Crippen LogP contribution in [0, 0.1) is 20.8 Å². The van der Waals surface area contributed by atoms with Crippen LogP contribution < -0.4 is 10.1 Å². The largest absolute Gasteiger partial charge is 0.491 e. The summed E-state index contributed by atoms with van der Waals surface area (Å²) in [6.07, 6.45) is 0.0539. The number of thiophene rings is 1. The Balaban J connectivity index is 1.00. The van der Waals surface area contributed by atoms with Gasteiger partial charge in [0, 0.05) is 26.7 Å². The molecule has 1 amide bonds. The summed E-state index contributed by atoms with van der Waals surface area (Å²) in [6, 6.07) is 14.2. The molecule has 2 N–H and O–H groups in total. The van der Waals surface area contributed by atoms with Crippen LogP contribution in [0.3, 0.4) is 0 Å².